The molecule has 5 N–H and O–H groups in total. The molecule has 5 aromatic heterocycles. The number of furan rings is 1. The predicted molar refractivity (Wildman–Crippen MR) is 124 cm³/mol. The Kier molecular flexibility index (Phi) is 4.78. The van der Waals surface area contributed by atoms with Crippen molar-refractivity contribution in [3.63, 3.8) is 0 Å². The fourth-order valence-corrected chi connectivity index (χ4v) is 4.98. The molecule has 0 atom stereocenters. The molecule has 0 bridgehead atoms. The minimum absolute atomic E-state index is 0.0431. The molecule has 9 nitrogen and oxygen atoms in total. The van der Waals surface area contributed by atoms with Gasteiger partial charge >= 0.3 is 0 Å². The highest BCUT2D eigenvalue weighted by Gasteiger charge is 2.25. The molecule has 5 rings (SSSR count). The number of fused-ring (bicyclic) bond motifs is 1. The minimum atomic E-state index is -0.427. The summed E-state index contributed by atoms with van der Waals surface area (Å²) < 4.78 is 5.49. The van der Waals surface area contributed by atoms with Crippen LogP contribution in [-0.2, 0) is 0 Å². The zero-order valence-corrected chi connectivity index (χ0v) is 17.8. The van der Waals surface area contributed by atoms with Crippen molar-refractivity contribution in [3.8, 4) is 28.7 Å². The summed E-state index contributed by atoms with van der Waals surface area (Å²) in [6.07, 6.45) is 4.84. The Morgan fingerprint density at radius 1 is 1.19 bits per heavy atom. The lowest BCUT2D eigenvalue weighted by molar-refractivity contribution is 0.103. The molecule has 0 aromatic carbocycles. The first kappa shape index (κ1) is 19.7. The van der Waals surface area contributed by atoms with Gasteiger partial charge in [-0.05, 0) is 24.3 Å². The highest BCUT2D eigenvalue weighted by molar-refractivity contribution is 7.21. The van der Waals surface area contributed by atoms with Crippen molar-refractivity contribution in [1.82, 2.24) is 15.0 Å². The molecule has 0 fully saturated rings. The summed E-state index contributed by atoms with van der Waals surface area (Å²) in [6, 6.07) is 9.12. The van der Waals surface area contributed by atoms with Crippen LogP contribution in [0.4, 0.5) is 16.6 Å². The molecule has 0 spiro atoms. The first-order chi connectivity index (χ1) is 15.6. The third-order valence-corrected chi connectivity index (χ3v) is 6.55. The number of thiazole rings is 1. The summed E-state index contributed by atoms with van der Waals surface area (Å²) >= 11 is 2.39. The van der Waals surface area contributed by atoms with Gasteiger partial charge in [0, 0.05) is 28.7 Å². The van der Waals surface area contributed by atoms with Crippen LogP contribution in [0.25, 0.3) is 32.8 Å². The first-order valence-electron chi connectivity index (χ1n) is 9.19. The molecule has 0 saturated heterocycles. The number of carbonyl (C=O) groups is 1. The van der Waals surface area contributed by atoms with E-state index in [9.17, 15) is 10.1 Å². The Morgan fingerprint density at radius 3 is 2.72 bits per heavy atom. The van der Waals surface area contributed by atoms with Gasteiger partial charge in [-0.25, -0.2) is 9.97 Å². The van der Waals surface area contributed by atoms with Crippen LogP contribution in [0, 0.1) is 11.3 Å². The van der Waals surface area contributed by atoms with Crippen LogP contribution < -0.4 is 16.8 Å². The third-order valence-electron chi connectivity index (χ3n) is 4.69. The molecule has 0 aliphatic heterocycles. The Balaban J connectivity index is 1.55. The molecular formula is C21H13N7O2S2. The van der Waals surface area contributed by atoms with Gasteiger partial charge in [0.15, 0.2) is 5.13 Å². The molecule has 11 heteroatoms. The number of pyridine rings is 2. The molecule has 0 saturated carbocycles. The van der Waals surface area contributed by atoms with Crippen molar-refractivity contribution in [3.05, 3.63) is 58.7 Å². The summed E-state index contributed by atoms with van der Waals surface area (Å²) in [5.74, 6) is 0.0316. The number of aromatic nitrogens is 3. The number of hydrogen-bond acceptors (Lipinski definition) is 10. The van der Waals surface area contributed by atoms with Gasteiger partial charge in [-0.3, -0.25) is 15.1 Å². The number of thiophene rings is 1. The quantitative estimate of drug-likeness (QED) is 0.358. The highest BCUT2D eigenvalue weighted by Crippen LogP contribution is 2.43. The summed E-state index contributed by atoms with van der Waals surface area (Å²) in [5, 5.41) is 15.1. The monoisotopic (exact) mass is 459 g/mol. The second kappa shape index (κ2) is 7.77. The van der Waals surface area contributed by atoms with Crippen LogP contribution in [-0.4, -0.2) is 20.9 Å². The lowest BCUT2D eigenvalue weighted by atomic mass is 10.0. The minimum Gasteiger partial charge on any atom is -0.464 e. The van der Waals surface area contributed by atoms with Crippen LogP contribution in [0.15, 0.2) is 52.7 Å². The largest absolute Gasteiger partial charge is 0.464 e. The third kappa shape index (κ3) is 3.24. The first-order valence-corrected chi connectivity index (χ1v) is 10.9. The number of hydrogen-bond donors (Lipinski definition) is 3. The van der Waals surface area contributed by atoms with E-state index in [1.807, 2.05) is 17.5 Å². The van der Waals surface area contributed by atoms with E-state index in [2.05, 4.69) is 26.3 Å². The van der Waals surface area contributed by atoms with E-state index in [4.69, 9.17) is 15.9 Å². The van der Waals surface area contributed by atoms with Crippen molar-refractivity contribution >= 4 is 55.4 Å². The van der Waals surface area contributed by atoms with E-state index in [0.717, 1.165) is 22.6 Å². The van der Waals surface area contributed by atoms with Gasteiger partial charge in [0.25, 0.3) is 5.91 Å². The number of carbonyl (C=O) groups excluding carboxylic acids is 1. The van der Waals surface area contributed by atoms with Crippen LogP contribution in [0.3, 0.4) is 0 Å². The second-order valence-electron chi connectivity index (χ2n) is 6.59. The van der Waals surface area contributed by atoms with Gasteiger partial charge in [0.05, 0.1) is 23.2 Å². The lowest BCUT2D eigenvalue weighted by Crippen LogP contribution is -2.11. The number of nitriles is 1. The van der Waals surface area contributed by atoms with Gasteiger partial charge in [0.2, 0.25) is 0 Å². The fraction of sp³-hybridized carbons (Fsp3) is 0. The Hall–Kier alpha value is -4.27. The average molecular weight is 460 g/mol. The fourth-order valence-electron chi connectivity index (χ4n) is 3.26. The van der Waals surface area contributed by atoms with Crippen molar-refractivity contribution in [2.75, 3.05) is 16.8 Å². The van der Waals surface area contributed by atoms with E-state index in [0.29, 0.717) is 26.7 Å². The van der Waals surface area contributed by atoms with E-state index in [1.54, 1.807) is 24.5 Å². The average Bonchev–Trinajstić information content (AvgIpc) is 3.54. The molecular weight excluding hydrogens is 446 g/mol. The highest BCUT2D eigenvalue weighted by atomic mass is 32.1. The molecule has 156 valence electrons. The number of rotatable bonds is 4. The van der Waals surface area contributed by atoms with Crippen molar-refractivity contribution in [2.24, 2.45) is 0 Å². The topological polar surface area (TPSA) is 157 Å². The zero-order valence-electron chi connectivity index (χ0n) is 16.2. The molecule has 5 heterocycles. The number of nitrogen functional groups attached to an aromatic ring is 2. The number of nitrogens with zero attached hydrogens (tertiary/aromatic N) is 4. The summed E-state index contributed by atoms with van der Waals surface area (Å²) in [5.41, 5.74) is 14.7. The summed E-state index contributed by atoms with van der Waals surface area (Å²) in [7, 11) is 0. The molecule has 0 aliphatic rings. The van der Waals surface area contributed by atoms with Gasteiger partial charge in [0.1, 0.15) is 32.9 Å². The Bertz CT molecular complexity index is 1500. The number of nitrogens with one attached hydrogen (secondary N) is 1. The Labute approximate surface area is 189 Å². The normalized spacial score (nSPS) is 10.8. The second-order valence-corrected chi connectivity index (χ2v) is 8.45. The number of anilines is 3. The summed E-state index contributed by atoms with van der Waals surface area (Å²) in [4.78, 5) is 26.4. The van der Waals surface area contributed by atoms with Crippen molar-refractivity contribution in [1.29, 1.82) is 5.26 Å². The molecule has 0 aliphatic carbocycles. The van der Waals surface area contributed by atoms with E-state index in [1.165, 1.54) is 17.6 Å². The van der Waals surface area contributed by atoms with Crippen molar-refractivity contribution in [2.45, 2.75) is 0 Å². The zero-order chi connectivity index (χ0) is 22.2. The van der Waals surface area contributed by atoms with Gasteiger partial charge in [-0.2, -0.15) is 5.26 Å². The van der Waals surface area contributed by atoms with Gasteiger partial charge in [-0.15, -0.1) is 22.7 Å². The predicted octanol–water partition coefficient (Wildman–Crippen LogP) is 4.36. The van der Waals surface area contributed by atoms with Crippen LogP contribution in [0.2, 0.25) is 0 Å². The molecule has 5 aromatic rings. The maximum atomic E-state index is 13.0. The van der Waals surface area contributed by atoms with Crippen molar-refractivity contribution < 1.29 is 9.21 Å². The molecule has 0 unspecified atom stereocenters. The molecule has 1 amide bonds. The van der Waals surface area contributed by atoms with Crippen LogP contribution in [0.5, 0.6) is 0 Å². The maximum absolute atomic E-state index is 13.0. The SMILES string of the molecule is N#Cc1c(N)nc2sc(C(=O)Nc3nc(-c4ccncc4)cs3)c(N)c2c1-c1ccco1. The Morgan fingerprint density at radius 2 is 2.00 bits per heavy atom. The molecule has 32 heavy (non-hydrogen) atoms. The van der Waals surface area contributed by atoms with Gasteiger partial charge in [-0.1, -0.05) is 0 Å². The van der Waals surface area contributed by atoms with Crippen LogP contribution in [0.1, 0.15) is 15.2 Å². The lowest BCUT2D eigenvalue weighted by Gasteiger charge is -2.06. The number of nitrogens with two attached hydrogens (primary N) is 2. The van der Waals surface area contributed by atoms with Crippen LogP contribution >= 0.6 is 22.7 Å². The summed E-state index contributed by atoms with van der Waals surface area (Å²) in [6.45, 7) is 0. The smallest absolute Gasteiger partial charge is 0.269 e. The number of amides is 1. The van der Waals surface area contributed by atoms with E-state index in [-0.39, 0.29) is 21.9 Å². The van der Waals surface area contributed by atoms with E-state index < -0.39 is 5.91 Å². The standard InChI is InChI=1S/C21H13N7O2S2/c22-8-11-14(13-2-1-7-30-13)15-16(23)17(32-20(15)27-18(11)24)19(29)28-21-26-12(9-31-21)10-3-5-25-6-4-10/h1-7,9H,23H2,(H2,24,27)(H,26,28,29). The maximum Gasteiger partial charge on any atom is 0.269 e. The molecule has 0 radical (unpaired) electrons. The van der Waals surface area contributed by atoms with E-state index >= 15 is 0 Å². The van der Waals surface area contributed by atoms with Gasteiger partial charge < -0.3 is 15.9 Å².